The zero-order chi connectivity index (χ0) is 38.2. The minimum atomic E-state index is -0.613. The Morgan fingerprint density at radius 3 is 1.85 bits per heavy atom. The van der Waals surface area contributed by atoms with Gasteiger partial charge in [0.2, 0.25) is 0 Å². The SMILES string of the molecule is CCOC(=O)c1nn(Cc2ccc(OC)cc2)cc1-c1nc(C)sc1C(C)=O.COc1ccc(Cn2cc(-c3nc(C)sc3C(C)O)c(CO)n2)cc1. The minimum Gasteiger partial charge on any atom is -0.497 e. The molecule has 0 fully saturated rings. The first-order valence-corrected chi connectivity index (χ1v) is 18.4. The number of ether oxygens (including phenoxy) is 3. The van der Waals surface area contributed by atoms with Crippen LogP contribution >= 0.6 is 22.7 Å². The topological polar surface area (TPSA) is 164 Å². The Balaban J connectivity index is 0.000000206. The predicted molar refractivity (Wildman–Crippen MR) is 203 cm³/mol. The number of rotatable bonds is 13. The number of aromatic nitrogens is 6. The second-order valence-corrected chi connectivity index (χ2v) is 14.4. The van der Waals surface area contributed by atoms with Crippen LogP contribution in [0.2, 0.25) is 0 Å². The van der Waals surface area contributed by atoms with Crippen molar-refractivity contribution in [2.24, 2.45) is 0 Å². The van der Waals surface area contributed by atoms with Gasteiger partial charge in [0.1, 0.15) is 11.5 Å². The van der Waals surface area contributed by atoms with Crippen LogP contribution in [0.4, 0.5) is 0 Å². The maximum absolute atomic E-state index is 12.5. The van der Waals surface area contributed by atoms with E-state index in [0.717, 1.165) is 43.1 Å². The molecule has 4 aromatic heterocycles. The number of hydrogen-bond acceptors (Lipinski definition) is 13. The van der Waals surface area contributed by atoms with E-state index in [4.69, 9.17) is 14.2 Å². The number of hydrogen-bond donors (Lipinski definition) is 2. The number of aryl methyl sites for hydroxylation is 2. The highest BCUT2D eigenvalue weighted by Gasteiger charge is 2.25. The van der Waals surface area contributed by atoms with Crippen LogP contribution < -0.4 is 9.47 Å². The van der Waals surface area contributed by atoms with Crippen molar-refractivity contribution >= 4 is 34.4 Å². The summed E-state index contributed by atoms with van der Waals surface area (Å²) in [5.74, 6) is 0.936. The molecule has 0 aliphatic rings. The summed E-state index contributed by atoms with van der Waals surface area (Å²) in [7, 11) is 3.25. The summed E-state index contributed by atoms with van der Waals surface area (Å²) in [5, 5.41) is 30.2. The molecule has 6 aromatic rings. The van der Waals surface area contributed by atoms with Crippen molar-refractivity contribution in [1.29, 1.82) is 0 Å². The number of aliphatic hydroxyl groups excluding tert-OH is 2. The number of ketones is 1. The van der Waals surface area contributed by atoms with E-state index in [-0.39, 0.29) is 24.7 Å². The van der Waals surface area contributed by atoms with Crippen molar-refractivity contribution in [3.8, 4) is 34.0 Å². The molecule has 0 radical (unpaired) electrons. The van der Waals surface area contributed by atoms with E-state index in [1.807, 2.05) is 68.6 Å². The lowest BCUT2D eigenvalue weighted by Gasteiger charge is -2.04. The quantitative estimate of drug-likeness (QED) is 0.0955. The van der Waals surface area contributed by atoms with Gasteiger partial charge in [-0.25, -0.2) is 14.8 Å². The highest BCUT2D eigenvalue weighted by molar-refractivity contribution is 7.14. The van der Waals surface area contributed by atoms with E-state index in [9.17, 15) is 19.8 Å². The highest BCUT2D eigenvalue weighted by Crippen LogP contribution is 2.35. The van der Waals surface area contributed by atoms with Gasteiger partial charge in [-0.2, -0.15) is 10.2 Å². The van der Waals surface area contributed by atoms with Gasteiger partial charge >= 0.3 is 5.97 Å². The highest BCUT2D eigenvalue weighted by atomic mass is 32.1. The van der Waals surface area contributed by atoms with E-state index in [1.165, 1.54) is 29.6 Å². The van der Waals surface area contributed by atoms with Crippen LogP contribution in [-0.2, 0) is 24.4 Å². The summed E-state index contributed by atoms with van der Waals surface area (Å²) in [6, 6.07) is 15.4. The second kappa shape index (κ2) is 17.5. The van der Waals surface area contributed by atoms with Crippen molar-refractivity contribution in [2.45, 2.75) is 60.4 Å². The van der Waals surface area contributed by atoms with Crippen LogP contribution in [0.3, 0.4) is 0 Å². The van der Waals surface area contributed by atoms with E-state index < -0.39 is 12.1 Å². The average Bonchev–Trinajstić information content (AvgIpc) is 3.94. The number of methoxy groups -OCH3 is 2. The van der Waals surface area contributed by atoms with Gasteiger partial charge in [0, 0.05) is 24.9 Å². The molecule has 0 bridgehead atoms. The molecule has 15 heteroatoms. The van der Waals surface area contributed by atoms with E-state index in [1.54, 1.807) is 43.6 Å². The molecule has 0 spiro atoms. The molecule has 13 nitrogen and oxygen atoms in total. The van der Waals surface area contributed by atoms with Crippen LogP contribution in [0.25, 0.3) is 22.5 Å². The van der Waals surface area contributed by atoms with Crippen LogP contribution in [0.15, 0.2) is 60.9 Å². The molecule has 4 heterocycles. The number of Topliss-reactive ketones (excluding diaryl/α,β-unsaturated/α-hetero) is 1. The second-order valence-electron chi connectivity index (χ2n) is 11.9. The monoisotopic (exact) mass is 758 g/mol. The summed E-state index contributed by atoms with van der Waals surface area (Å²) in [4.78, 5) is 34.8. The third-order valence-corrected chi connectivity index (χ3v) is 10.1. The molecule has 0 aliphatic heterocycles. The lowest BCUT2D eigenvalue weighted by Crippen LogP contribution is -2.09. The van der Waals surface area contributed by atoms with Crippen LogP contribution in [0.1, 0.15) is 78.7 Å². The summed E-state index contributed by atoms with van der Waals surface area (Å²) in [6.45, 7) is 9.75. The molecule has 0 aliphatic carbocycles. The maximum atomic E-state index is 12.5. The van der Waals surface area contributed by atoms with Gasteiger partial charge in [-0.3, -0.25) is 14.2 Å². The number of aliphatic hydroxyl groups is 2. The zero-order valence-electron chi connectivity index (χ0n) is 30.6. The molecule has 53 heavy (non-hydrogen) atoms. The largest absolute Gasteiger partial charge is 0.497 e. The Kier molecular flexibility index (Phi) is 12.9. The molecule has 0 saturated carbocycles. The summed E-state index contributed by atoms with van der Waals surface area (Å²) < 4.78 is 18.9. The number of benzene rings is 2. The Morgan fingerprint density at radius 1 is 0.811 bits per heavy atom. The van der Waals surface area contributed by atoms with Crippen molar-refractivity contribution in [2.75, 3.05) is 20.8 Å². The number of carbonyl (C=O) groups excluding carboxylic acids is 2. The Bertz CT molecular complexity index is 2170. The fraction of sp³-hybridized carbons (Fsp3) is 0.316. The summed E-state index contributed by atoms with van der Waals surface area (Å²) >= 11 is 2.76. The van der Waals surface area contributed by atoms with Crippen LogP contribution in [0.5, 0.6) is 11.5 Å². The van der Waals surface area contributed by atoms with Crippen molar-refractivity contribution in [3.05, 3.63) is 103 Å². The standard InChI is InChI=1S/C20H21N3O4S.C18H21N3O3S/c1-5-27-20(25)18-16(17-19(12(2)24)28-13(3)21-17)11-23(22-18)10-14-6-8-15(26-4)9-7-14;1-11(23)18-17(19-12(2)25-18)15-9-21(20-16(15)10-22)8-13-4-6-14(24-3)7-5-13/h6-9,11H,5,10H2,1-4H3;4-7,9,11,22-23H,8,10H2,1-3H3. The molecule has 1 atom stereocenters. The molecular weight excluding hydrogens is 717 g/mol. The van der Waals surface area contributed by atoms with Crippen molar-refractivity contribution in [1.82, 2.24) is 29.5 Å². The molecule has 0 amide bonds. The number of carbonyl (C=O) groups is 2. The van der Waals surface area contributed by atoms with Crippen LogP contribution in [-0.4, -0.2) is 72.3 Å². The first kappa shape index (κ1) is 39.0. The van der Waals surface area contributed by atoms with Gasteiger partial charge < -0.3 is 24.4 Å². The lowest BCUT2D eigenvalue weighted by atomic mass is 10.1. The first-order valence-electron chi connectivity index (χ1n) is 16.8. The molecule has 0 saturated heterocycles. The third kappa shape index (κ3) is 9.42. The van der Waals surface area contributed by atoms with Gasteiger partial charge in [-0.1, -0.05) is 24.3 Å². The lowest BCUT2D eigenvalue weighted by molar-refractivity contribution is 0.0519. The maximum Gasteiger partial charge on any atom is 0.359 e. The van der Waals surface area contributed by atoms with Gasteiger partial charge in [0.25, 0.3) is 0 Å². The molecule has 278 valence electrons. The Hall–Kier alpha value is -5.22. The van der Waals surface area contributed by atoms with Gasteiger partial charge in [-0.15, -0.1) is 22.7 Å². The van der Waals surface area contributed by atoms with E-state index in [0.29, 0.717) is 40.6 Å². The third-order valence-electron chi connectivity index (χ3n) is 7.93. The number of esters is 1. The molecule has 2 aromatic carbocycles. The molecule has 6 rings (SSSR count). The minimum absolute atomic E-state index is 0.0988. The Morgan fingerprint density at radius 2 is 1.34 bits per heavy atom. The smallest absolute Gasteiger partial charge is 0.359 e. The van der Waals surface area contributed by atoms with Crippen molar-refractivity contribution in [3.63, 3.8) is 0 Å². The average molecular weight is 759 g/mol. The fourth-order valence-electron chi connectivity index (χ4n) is 5.49. The summed E-state index contributed by atoms with van der Waals surface area (Å²) in [5.41, 5.74) is 5.21. The van der Waals surface area contributed by atoms with Gasteiger partial charge in [-0.05, 0) is 63.1 Å². The molecular formula is C38H42N6O7S2. The normalized spacial score (nSPS) is 11.5. The predicted octanol–water partition coefficient (Wildman–Crippen LogP) is 6.67. The molecule has 2 N–H and O–H groups in total. The number of thiazole rings is 2. The van der Waals surface area contributed by atoms with Gasteiger partial charge in [0.05, 0.1) is 89.0 Å². The van der Waals surface area contributed by atoms with E-state index in [2.05, 4.69) is 20.2 Å². The molecule has 1 unspecified atom stereocenters. The first-order chi connectivity index (χ1) is 25.4. The van der Waals surface area contributed by atoms with Crippen LogP contribution in [0, 0.1) is 13.8 Å². The fourth-order valence-corrected chi connectivity index (χ4v) is 7.19. The Labute approximate surface area is 315 Å². The van der Waals surface area contributed by atoms with E-state index >= 15 is 0 Å². The number of nitrogens with zero attached hydrogens (tertiary/aromatic N) is 6. The summed E-state index contributed by atoms with van der Waals surface area (Å²) in [6.07, 6.45) is 2.99. The zero-order valence-corrected chi connectivity index (χ0v) is 32.2. The van der Waals surface area contributed by atoms with Crippen molar-refractivity contribution < 1.29 is 34.0 Å². The van der Waals surface area contributed by atoms with Gasteiger partial charge in [0.15, 0.2) is 11.5 Å².